The van der Waals surface area contributed by atoms with Crippen LogP contribution in [0.2, 0.25) is 5.02 Å². The van der Waals surface area contributed by atoms with Crippen molar-refractivity contribution in [2.24, 2.45) is 0 Å². The van der Waals surface area contributed by atoms with Crippen LogP contribution in [0.4, 0.5) is 5.82 Å². The molecule has 0 aliphatic heterocycles. The molecule has 0 fully saturated rings. The maximum absolute atomic E-state index is 6.16. The lowest BCUT2D eigenvalue weighted by atomic mass is 9.92. The van der Waals surface area contributed by atoms with Crippen LogP contribution < -0.4 is 10.1 Å². The van der Waals surface area contributed by atoms with E-state index in [2.05, 4.69) is 22.4 Å². The van der Waals surface area contributed by atoms with Gasteiger partial charge in [0.2, 0.25) is 0 Å². The van der Waals surface area contributed by atoms with Crippen molar-refractivity contribution >= 4 is 17.4 Å². The Kier molecular flexibility index (Phi) is 4.30. The van der Waals surface area contributed by atoms with Crippen molar-refractivity contribution in [1.82, 2.24) is 4.98 Å². The van der Waals surface area contributed by atoms with Crippen molar-refractivity contribution < 1.29 is 4.74 Å². The number of rotatable bonds is 4. The van der Waals surface area contributed by atoms with Crippen LogP contribution in [0, 0.1) is 0 Å². The van der Waals surface area contributed by atoms with Crippen molar-refractivity contribution in [3.05, 3.63) is 52.2 Å². The molecule has 0 bridgehead atoms. The maximum Gasteiger partial charge on any atom is 0.132 e. The van der Waals surface area contributed by atoms with Gasteiger partial charge >= 0.3 is 0 Å². The number of nitrogens with zero attached hydrogens (tertiary/aromatic N) is 1. The van der Waals surface area contributed by atoms with E-state index in [1.807, 2.05) is 25.2 Å². The summed E-state index contributed by atoms with van der Waals surface area (Å²) in [6.07, 6.45) is 4.91. The molecule has 1 heterocycles. The van der Waals surface area contributed by atoms with E-state index in [9.17, 15) is 0 Å². The van der Waals surface area contributed by atoms with Gasteiger partial charge in [0.05, 0.1) is 10.7 Å². The Morgan fingerprint density at radius 2 is 1.95 bits per heavy atom. The number of fused-ring (bicyclic) bond motifs is 1. The third kappa shape index (κ3) is 3.30. The fourth-order valence-corrected chi connectivity index (χ4v) is 2.84. The first kappa shape index (κ1) is 14.2. The van der Waals surface area contributed by atoms with Crippen LogP contribution in [0.5, 0.6) is 5.75 Å². The van der Waals surface area contributed by atoms with Crippen molar-refractivity contribution in [3.8, 4) is 5.75 Å². The summed E-state index contributed by atoms with van der Waals surface area (Å²) in [6.45, 7) is 0.382. The number of nitrogens with one attached hydrogen (secondary N) is 1. The number of aryl methyl sites for hydroxylation is 2. The van der Waals surface area contributed by atoms with Gasteiger partial charge in [0.15, 0.2) is 0 Å². The van der Waals surface area contributed by atoms with Crippen LogP contribution in [0.1, 0.15) is 29.7 Å². The van der Waals surface area contributed by atoms with Gasteiger partial charge in [-0.05, 0) is 61.1 Å². The molecular formula is C17H19ClN2O. The number of anilines is 1. The van der Waals surface area contributed by atoms with Gasteiger partial charge in [-0.15, -0.1) is 0 Å². The number of hydrogen-bond donors (Lipinski definition) is 1. The molecule has 0 unspecified atom stereocenters. The van der Waals surface area contributed by atoms with E-state index in [1.54, 1.807) is 0 Å². The molecule has 3 rings (SSSR count). The molecule has 110 valence electrons. The van der Waals surface area contributed by atoms with Crippen molar-refractivity contribution in [3.63, 3.8) is 0 Å². The minimum atomic E-state index is 0.382. The molecule has 4 heteroatoms. The van der Waals surface area contributed by atoms with Crippen LogP contribution in [0.15, 0.2) is 30.3 Å². The van der Waals surface area contributed by atoms with Crippen LogP contribution in [-0.2, 0) is 19.4 Å². The van der Waals surface area contributed by atoms with Crippen molar-refractivity contribution in [2.75, 3.05) is 12.4 Å². The second-order valence-electron chi connectivity index (χ2n) is 5.30. The second-order valence-corrected chi connectivity index (χ2v) is 5.71. The van der Waals surface area contributed by atoms with Crippen LogP contribution >= 0.6 is 11.6 Å². The normalized spacial score (nSPS) is 13.6. The Labute approximate surface area is 130 Å². The molecule has 1 aromatic heterocycles. The molecule has 1 aliphatic rings. The van der Waals surface area contributed by atoms with Gasteiger partial charge in [0.1, 0.15) is 18.2 Å². The highest BCUT2D eigenvalue weighted by molar-refractivity contribution is 6.31. The molecule has 0 saturated heterocycles. The quantitative estimate of drug-likeness (QED) is 0.917. The summed E-state index contributed by atoms with van der Waals surface area (Å²) in [5, 5.41) is 3.64. The monoisotopic (exact) mass is 302 g/mol. The second kappa shape index (κ2) is 6.35. The molecule has 0 atom stereocenters. The lowest BCUT2D eigenvalue weighted by molar-refractivity contribution is 0.301. The van der Waals surface area contributed by atoms with Gasteiger partial charge in [-0.25, -0.2) is 4.98 Å². The molecule has 1 N–H and O–H groups in total. The summed E-state index contributed by atoms with van der Waals surface area (Å²) in [7, 11) is 1.84. The molecule has 0 radical (unpaired) electrons. The van der Waals surface area contributed by atoms with Gasteiger partial charge in [-0.1, -0.05) is 17.7 Å². The molecule has 0 spiro atoms. The van der Waals surface area contributed by atoms with Gasteiger partial charge < -0.3 is 10.1 Å². The number of halogens is 1. The topological polar surface area (TPSA) is 34.1 Å². The largest absolute Gasteiger partial charge is 0.487 e. The summed E-state index contributed by atoms with van der Waals surface area (Å²) in [5.41, 5.74) is 3.63. The zero-order chi connectivity index (χ0) is 14.7. The summed E-state index contributed by atoms with van der Waals surface area (Å²) < 4.78 is 5.86. The van der Waals surface area contributed by atoms with E-state index in [-0.39, 0.29) is 0 Å². The Hall–Kier alpha value is -1.74. The molecule has 0 amide bonds. The minimum absolute atomic E-state index is 0.382. The maximum atomic E-state index is 6.16. The average molecular weight is 303 g/mol. The fourth-order valence-electron chi connectivity index (χ4n) is 2.68. The third-order valence-electron chi connectivity index (χ3n) is 3.87. The first-order valence-corrected chi connectivity index (χ1v) is 7.72. The number of pyridine rings is 1. The molecule has 1 aliphatic carbocycles. The average Bonchev–Trinajstić information content (AvgIpc) is 2.54. The zero-order valence-electron chi connectivity index (χ0n) is 12.2. The highest BCUT2D eigenvalue weighted by Gasteiger charge is 2.10. The van der Waals surface area contributed by atoms with Crippen LogP contribution in [0.25, 0.3) is 0 Å². The Bertz CT molecular complexity index is 643. The predicted octanol–water partition coefficient (Wildman–Crippen LogP) is 4.23. The van der Waals surface area contributed by atoms with Crippen LogP contribution in [0.3, 0.4) is 0 Å². The summed E-state index contributed by atoms with van der Waals surface area (Å²) >= 11 is 6.16. The summed E-state index contributed by atoms with van der Waals surface area (Å²) in [4.78, 5) is 4.43. The number of aromatic nitrogens is 1. The van der Waals surface area contributed by atoms with E-state index >= 15 is 0 Å². The van der Waals surface area contributed by atoms with E-state index in [0.29, 0.717) is 11.6 Å². The van der Waals surface area contributed by atoms with E-state index in [1.165, 1.54) is 30.4 Å². The Morgan fingerprint density at radius 3 is 2.76 bits per heavy atom. The van der Waals surface area contributed by atoms with E-state index in [0.717, 1.165) is 23.7 Å². The molecule has 3 nitrogen and oxygen atoms in total. The van der Waals surface area contributed by atoms with Gasteiger partial charge in [0, 0.05) is 7.05 Å². The molecular weight excluding hydrogens is 284 g/mol. The highest BCUT2D eigenvalue weighted by Crippen LogP contribution is 2.26. The minimum Gasteiger partial charge on any atom is -0.487 e. The van der Waals surface area contributed by atoms with Gasteiger partial charge in [0.25, 0.3) is 0 Å². The standard InChI is InChI=1S/C17H19ClN2O/c1-19-17-9-8-15(18)16(20-17)11-21-14-7-6-12-4-2-3-5-13(12)10-14/h6-10H,2-5,11H2,1H3,(H,19,20). The zero-order valence-corrected chi connectivity index (χ0v) is 12.9. The summed E-state index contributed by atoms with van der Waals surface area (Å²) in [6, 6.07) is 10.1. The van der Waals surface area contributed by atoms with Crippen molar-refractivity contribution in [1.29, 1.82) is 0 Å². The van der Waals surface area contributed by atoms with Crippen molar-refractivity contribution in [2.45, 2.75) is 32.3 Å². The Balaban J connectivity index is 1.73. The van der Waals surface area contributed by atoms with E-state index < -0.39 is 0 Å². The smallest absolute Gasteiger partial charge is 0.132 e. The molecule has 1 aromatic carbocycles. The highest BCUT2D eigenvalue weighted by atomic mass is 35.5. The molecule has 0 saturated carbocycles. The first-order valence-electron chi connectivity index (χ1n) is 7.34. The first-order chi connectivity index (χ1) is 10.3. The molecule has 2 aromatic rings. The van der Waals surface area contributed by atoms with Gasteiger partial charge in [-0.2, -0.15) is 0 Å². The SMILES string of the molecule is CNc1ccc(Cl)c(COc2ccc3c(c2)CCCC3)n1. The third-order valence-corrected chi connectivity index (χ3v) is 4.21. The van der Waals surface area contributed by atoms with E-state index in [4.69, 9.17) is 16.3 Å². The fraction of sp³-hybridized carbons (Fsp3) is 0.353. The lowest BCUT2D eigenvalue weighted by Crippen LogP contribution is -2.05. The molecule has 21 heavy (non-hydrogen) atoms. The summed E-state index contributed by atoms with van der Waals surface area (Å²) in [5.74, 6) is 1.69. The predicted molar refractivity (Wildman–Crippen MR) is 86.2 cm³/mol. The number of benzene rings is 1. The number of hydrogen-bond acceptors (Lipinski definition) is 3. The Morgan fingerprint density at radius 1 is 1.14 bits per heavy atom. The van der Waals surface area contributed by atoms with Gasteiger partial charge in [-0.3, -0.25) is 0 Å². The lowest BCUT2D eigenvalue weighted by Gasteiger charge is -2.17. The van der Waals surface area contributed by atoms with Crippen LogP contribution in [-0.4, -0.2) is 12.0 Å². The number of ether oxygens (including phenoxy) is 1.